The van der Waals surface area contributed by atoms with Gasteiger partial charge in [-0.05, 0) is 48.2 Å². The number of rotatable bonds is 4. The van der Waals surface area contributed by atoms with Crippen LogP contribution in [0.2, 0.25) is 5.02 Å². The summed E-state index contributed by atoms with van der Waals surface area (Å²) < 4.78 is 0. The van der Waals surface area contributed by atoms with Crippen molar-refractivity contribution in [1.29, 1.82) is 0 Å². The molecule has 4 nitrogen and oxygen atoms in total. The average Bonchev–Trinajstić information content (AvgIpc) is 2.56. The molecule has 0 bridgehead atoms. The Kier molecular flexibility index (Phi) is 4.94. The summed E-state index contributed by atoms with van der Waals surface area (Å²) in [6.45, 7) is 4.34. The zero-order chi connectivity index (χ0) is 16.2. The summed E-state index contributed by atoms with van der Waals surface area (Å²) in [5.74, 6) is -0.0240. The maximum Gasteiger partial charge on any atom is 0.224 e. The topological polar surface area (TPSA) is 54.0 Å². The monoisotopic (exact) mass is 329 g/mol. The van der Waals surface area contributed by atoms with Crippen LogP contribution in [0.25, 0.3) is 0 Å². The van der Waals surface area contributed by atoms with E-state index in [2.05, 4.69) is 15.6 Å². The third-order valence-corrected chi connectivity index (χ3v) is 4.61. The van der Waals surface area contributed by atoms with Crippen molar-refractivity contribution in [2.75, 3.05) is 6.54 Å². The Labute approximate surface area is 141 Å². The van der Waals surface area contributed by atoms with E-state index in [1.165, 1.54) is 11.1 Å². The lowest BCUT2D eigenvalue weighted by molar-refractivity contribution is -0.120. The Morgan fingerprint density at radius 2 is 2.22 bits per heavy atom. The van der Waals surface area contributed by atoms with Gasteiger partial charge in [0.1, 0.15) is 0 Å². The molecule has 1 aliphatic heterocycles. The Balaban J connectivity index is 1.69. The Morgan fingerprint density at radius 3 is 3.04 bits per heavy atom. The van der Waals surface area contributed by atoms with Gasteiger partial charge in [-0.2, -0.15) is 0 Å². The molecule has 0 unspecified atom stereocenters. The van der Waals surface area contributed by atoms with Crippen molar-refractivity contribution in [3.63, 3.8) is 0 Å². The van der Waals surface area contributed by atoms with Gasteiger partial charge in [0.15, 0.2) is 0 Å². The molecular formula is C18H20ClN3O. The number of hydrogen-bond acceptors (Lipinski definition) is 3. The maximum atomic E-state index is 12.2. The largest absolute Gasteiger partial charge is 0.352 e. The first-order chi connectivity index (χ1) is 11.1. The maximum absolute atomic E-state index is 12.2. The van der Waals surface area contributed by atoms with Crippen molar-refractivity contribution < 1.29 is 4.79 Å². The molecule has 3 rings (SSSR count). The van der Waals surface area contributed by atoms with E-state index in [-0.39, 0.29) is 5.91 Å². The number of amides is 1. The Hall–Kier alpha value is -1.91. The predicted octanol–water partition coefficient (Wildman–Crippen LogP) is 2.55. The molecule has 0 aliphatic carbocycles. The molecule has 1 aromatic heterocycles. The van der Waals surface area contributed by atoms with Crippen LogP contribution in [0.3, 0.4) is 0 Å². The summed E-state index contributed by atoms with van der Waals surface area (Å²) in [6.07, 6.45) is 3.21. The van der Waals surface area contributed by atoms with E-state index in [0.29, 0.717) is 18.0 Å². The van der Waals surface area contributed by atoms with Crippen molar-refractivity contribution in [2.45, 2.75) is 32.9 Å². The first-order valence-electron chi connectivity index (χ1n) is 7.82. The van der Waals surface area contributed by atoms with Crippen molar-refractivity contribution in [2.24, 2.45) is 0 Å². The minimum absolute atomic E-state index is 0.0240. The van der Waals surface area contributed by atoms with Crippen LogP contribution < -0.4 is 10.6 Å². The lowest BCUT2D eigenvalue weighted by Crippen LogP contribution is -2.29. The molecule has 120 valence electrons. The molecule has 5 heteroatoms. The normalized spacial score (nSPS) is 13.5. The molecule has 2 aromatic rings. The number of aromatic nitrogens is 1. The van der Waals surface area contributed by atoms with Gasteiger partial charge in [0.2, 0.25) is 5.91 Å². The van der Waals surface area contributed by atoms with E-state index in [9.17, 15) is 4.79 Å². The summed E-state index contributed by atoms with van der Waals surface area (Å²) in [7, 11) is 0. The second-order valence-corrected chi connectivity index (χ2v) is 6.20. The van der Waals surface area contributed by atoms with Gasteiger partial charge >= 0.3 is 0 Å². The van der Waals surface area contributed by atoms with Gasteiger partial charge in [-0.3, -0.25) is 9.78 Å². The number of nitrogens with one attached hydrogen (secondary N) is 2. The van der Waals surface area contributed by atoms with Gasteiger partial charge in [0.05, 0.1) is 6.42 Å². The minimum atomic E-state index is -0.0240. The van der Waals surface area contributed by atoms with E-state index in [1.807, 2.05) is 31.3 Å². The lowest BCUT2D eigenvalue weighted by atomic mass is 9.96. The smallest absolute Gasteiger partial charge is 0.224 e. The van der Waals surface area contributed by atoms with E-state index in [4.69, 9.17) is 11.6 Å². The van der Waals surface area contributed by atoms with E-state index in [0.717, 1.165) is 36.3 Å². The highest BCUT2D eigenvalue weighted by Gasteiger charge is 2.16. The highest BCUT2D eigenvalue weighted by Crippen LogP contribution is 2.20. The molecule has 0 fully saturated rings. The zero-order valence-corrected chi connectivity index (χ0v) is 13.9. The summed E-state index contributed by atoms with van der Waals surface area (Å²) in [4.78, 5) is 16.7. The molecule has 0 saturated carbocycles. The molecule has 0 radical (unpaired) electrons. The fourth-order valence-corrected chi connectivity index (χ4v) is 3.14. The SMILES string of the molecule is Cc1ncc2c(c1CNC(=O)Cc1ccccc1Cl)CCNC2. The number of fused-ring (bicyclic) bond motifs is 1. The standard InChI is InChI=1S/C18H20ClN3O/c1-12-16(15-6-7-20-9-14(15)10-21-12)11-22-18(23)8-13-4-2-3-5-17(13)19/h2-5,10,20H,6-9,11H2,1H3,(H,22,23). The van der Waals surface area contributed by atoms with Crippen LogP contribution in [0.15, 0.2) is 30.5 Å². The quantitative estimate of drug-likeness (QED) is 0.906. The van der Waals surface area contributed by atoms with Crippen molar-refractivity contribution in [3.05, 3.63) is 63.4 Å². The third-order valence-electron chi connectivity index (χ3n) is 4.24. The number of halogens is 1. The fraction of sp³-hybridized carbons (Fsp3) is 0.333. The van der Waals surface area contributed by atoms with Crippen molar-refractivity contribution >= 4 is 17.5 Å². The highest BCUT2D eigenvalue weighted by molar-refractivity contribution is 6.31. The first kappa shape index (κ1) is 16.0. The van der Waals surface area contributed by atoms with Crippen LogP contribution in [0.1, 0.15) is 27.9 Å². The predicted molar refractivity (Wildman–Crippen MR) is 91.4 cm³/mol. The summed E-state index contributed by atoms with van der Waals surface area (Å²) in [5, 5.41) is 6.99. The number of nitrogens with zero attached hydrogens (tertiary/aromatic N) is 1. The van der Waals surface area contributed by atoms with Crippen LogP contribution in [0.5, 0.6) is 0 Å². The molecular weight excluding hydrogens is 310 g/mol. The third kappa shape index (κ3) is 3.71. The van der Waals surface area contributed by atoms with Gasteiger partial charge in [-0.15, -0.1) is 0 Å². The van der Waals surface area contributed by atoms with Gasteiger partial charge < -0.3 is 10.6 Å². The minimum Gasteiger partial charge on any atom is -0.352 e. The first-order valence-corrected chi connectivity index (χ1v) is 8.20. The van der Waals surface area contributed by atoms with Crippen molar-refractivity contribution in [1.82, 2.24) is 15.6 Å². The number of carbonyl (C=O) groups is 1. The molecule has 23 heavy (non-hydrogen) atoms. The van der Waals surface area contributed by atoms with Crippen LogP contribution in [-0.2, 0) is 30.7 Å². The van der Waals surface area contributed by atoms with Gasteiger partial charge in [0, 0.05) is 30.0 Å². The number of pyridine rings is 1. The molecule has 2 N–H and O–H groups in total. The van der Waals surface area contributed by atoms with Crippen LogP contribution in [0.4, 0.5) is 0 Å². The summed E-state index contributed by atoms with van der Waals surface area (Å²) in [6, 6.07) is 7.44. The van der Waals surface area contributed by atoms with Crippen LogP contribution >= 0.6 is 11.6 Å². The second kappa shape index (κ2) is 7.11. The van der Waals surface area contributed by atoms with Gasteiger partial charge in [-0.25, -0.2) is 0 Å². The summed E-state index contributed by atoms with van der Waals surface area (Å²) in [5.41, 5.74) is 5.55. The van der Waals surface area contributed by atoms with Gasteiger partial charge in [0.25, 0.3) is 0 Å². The lowest BCUT2D eigenvalue weighted by Gasteiger charge is -2.21. The van der Waals surface area contributed by atoms with E-state index >= 15 is 0 Å². The molecule has 0 atom stereocenters. The van der Waals surface area contributed by atoms with Gasteiger partial charge in [-0.1, -0.05) is 29.8 Å². The highest BCUT2D eigenvalue weighted by atomic mass is 35.5. The molecule has 0 spiro atoms. The fourth-order valence-electron chi connectivity index (χ4n) is 2.94. The molecule has 1 aromatic carbocycles. The number of benzene rings is 1. The molecule has 1 aliphatic rings. The van der Waals surface area contributed by atoms with E-state index in [1.54, 1.807) is 6.07 Å². The molecule has 0 saturated heterocycles. The molecule has 1 amide bonds. The zero-order valence-electron chi connectivity index (χ0n) is 13.2. The van der Waals surface area contributed by atoms with Crippen LogP contribution in [-0.4, -0.2) is 17.4 Å². The Morgan fingerprint density at radius 1 is 1.39 bits per heavy atom. The molecule has 2 heterocycles. The number of hydrogen-bond donors (Lipinski definition) is 2. The van der Waals surface area contributed by atoms with Crippen LogP contribution in [0, 0.1) is 6.92 Å². The number of aryl methyl sites for hydroxylation is 1. The summed E-state index contributed by atoms with van der Waals surface area (Å²) >= 11 is 6.11. The average molecular weight is 330 g/mol. The van der Waals surface area contributed by atoms with E-state index < -0.39 is 0 Å². The number of carbonyl (C=O) groups excluding carboxylic acids is 1. The Bertz CT molecular complexity index is 730. The van der Waals surface area contributed by atoms with Crippen molar-refractivity contribution in [3.8, 4) is 0 Å². The second-order valence-electron chi connectivity index (χ2n) is 5.80.